The van der Waals surface area contributed by atoms with Crippen LogP contribution in [0.2, 0.25) is 0 Å². The molecule has 0 radical (unpaired) electrons. The second-order valence-electron chi connectivity index (χ2n) is 4.51. The zero-order valence-electron chi connectivity index (χ0n) is 12.2. The van der Waals surface area contributed by atoms with Gasteiger partial charge in [-0.2, -0.15) is 10.1 Å². The Morgan fingerprint density at radius 3 is 2.67 bits per heavy atom. The van der Waals surface area contributed by atoms with Gasteiger partial charge in [0.2, 0.25) is 0 Å². The molecule has 114 valence electrons. The van der Waals surface area contributed by atoms with E-state index in [1.54, 1.807) is 6.92 Å². The van der Waals surface area contributed by atoms with Crippen molar-refractivity contribution in [3.05, 3.63) is 35.9 Å². The van der Waals surface area contributed by atoms with E-state index in [4.69, 9.17) is 21.1 Å². The Hall–Kier alpha value is -1.59. The highest BCUT2D eigenvalue weighted by Gasteiger charge is 2.35. The molecule has 1 aliphatic heterocycles. The average Bonchev–Trinajstić information content (AvgIpc) is 2.49. The standard InChI is InChI=1S/C15H19ClN2O3/c1-3-20-13-10-12(16)14(11-8-6-5-7-9-11)17-18(13)15(19)21-4-2/h5-9,12-13H,3-4,10H2,1-2H3/t12-,13+/m1/s1. The summed E-state index contributed by atoms with van der Waals surface area (Å²) in [6.45, 7) is 4.38. The van der Waals surface area contributed by atoms with Crippen LogP contribution in [-0.4, -0.2) is 41.6 Å². The van der Waals surface area contributed by atoms with Gasteiger partial charge in [-0.25, -0.2) is 4.79 Å². The number of hydrogen-bond acceptors (Lipinski definition) is 4. The Kier molecular flexibility index (Phi) is 5.59. The van der Waals surface area contributed by atoms with Gasteiger partial charge in [0, 0.05) is 13.0 Å². The van der Waals surface area contributed by atoms with Crippen LogP contribution >= 0.6 is 11.6 Å². The highest BCUT2D eigenvalue weighted by atomic mass is 35.5. The molecule has 0 fully saturated rings. The van der Waals surface area contributed by atoms with Gasteiger partial charge in [-0.15, -0.1) is 11.6 Å². The Morgan fingerprint density at radius 2 is 2.05 bits per heavy atom. The topological polar surface area (TPSA) is 51.1 Å². The third-order valence-corrected chi connectivity index (χ3v) is 3.46. The first-order chi connectivity index (χ1) is 10.2. The smallest absolute Gasteiger partial charge is 0.432 e. The molecule has 1 heterocycles. The lowest BCUT2D eigenvalue weighted by atomic mass is 10.0. The summed E-state index contributed by atoms with van der Waals surface area (Å²) in [5, 5.41) is 5.30. The maximum absolute atomic E-state index is 12.0. The van der Waals surface area contributed by atoms with Crippen molar-refractivity contribution in [1.29, 1.82) is 0 Å². The second kappa shape index (κ2) is 7.43. The predicted octanol–water partition coefficient (Wildman–Crippen LogP) is 3.22. The summed E-state index contributed by atoms with van der Waals surface area (Å²) in [5.74, 6) is 0. The van der Waals surface area contributed by atoms with Crippen molar-refractivity contribution in [2.45, 2.75) is 31.9 Å². The van der Waals surface area contributed by atoms with Crippen LogP contribution in [0, 0.1) is 0 Å². The molecule has 0 bridgehead atoms. The molecule has 0 saturated carbocycles. The molecular weight excluding hydrogens is 292 g/mol. The third kappa shape index (κ3) is 3.74. The maximum atomic E-state index is 12.0. The number of nitrogens with zero attached hydrogens (tertiary/aromatic N) is 2. The number of carbonyl (C=O) groups excluding carboxylic acids is 1. The van der Waals surface area contributed by atoms with E-state index in [2.05, 4.69) is 5.10 Å². The van der Waals surface area contributed by atoms with Gasteiger partial charge in [-0.3, -0.25) is 0 Å². The van der Waals surface area contributed by atoms with Crippen LogP contribution in [0.15, 0.2) is 35.4 Å². The Morgan fingerprint density at radius 1 is 1.33 bits per heavy atom. The van der Waals surface area contributed by atoms with Gasteiger partial charge in [0.15, 0.2) is 6.23 Å². The third-order valence-electron chi connectivity index (χ3n) is 3.08. The summed E-state index contributed by atoms with van der Waals surface area (Å²) in [6, 6.07) is 9.56. The van der Waals surface area contributed by atoms with Crippen LogP contribution in [0.1, 0.15) is 25.8 Å². The van der Waals surface area contributed by atoms with Crippen LogP contribution in [0.5, 0.6) is 0 Å². The summed E-state index contributed by atoms with van der Waals surface area (Å²) in [5.41, 5.74) is 1.54. The van der Waals surface area contributed by atoms with E-state index in [9.17, 15) is 4.79 Å². The SMILES string of the molecule is CCOC(=O)N1N=C(c2ccccc2)[C@H](Cl)C[C@@H]1OCC. The van der Waals surface area contributed by atoms with Crippen molar-refractivity contribution < 1.29 is 14.3 Å². The summed E-state index contributed by atoms with van der Waals surface area (Å²) < 4.78 is 10.6. The fourth-order valence-corrected chi connectivity index (χ4v) is 2.48. The molecule has 0 N–H and O–H groups in total. The number of carbonyl (C=O) groups is 1. The molecule has 0 aliphatic carbocycles. The zero-order chi connectivity index (χ0) is 15.2. The fourth-order valence-electron chi connectivity index (χ4n) is 2.16. The summed E-state index contributed by atoms with van der Waals surface area (Å²) in [7, 11) is 0. The molecule has 0 spiro atoms. The molecule has 1 aromatic rings. The van der Waals surface area contributed by atoms with Crippen molar-refractivity contribution in [3.63, 3.8) is 0 Å². The van der Waals surface area contributed by atoms with E-state index in [0.29, 0.717) is 18.7 Å². The number of hydrogen-bond donors (Lipinski definition) is 0. The number of rotatable bonds is 4. The predicted molar refractivity (Wildman–Crippen MR) is 81.5 cm³/mol. The van der Waals surface area contributed by atoms with Crippen LogP contribution in [0.3, 0.4) is 0 Å². The summed E-state index contributed by atoms with van der Waals surface area (Å²) in [6.07, 6.45) is -0.543. The number of benzene rings is 1. The average molecular weight is 311 g/mol. The van der Waals surface area contributed by atoms with Gasteiger partial charge in [0.1, 0.15) is 0 Å². The lowest BCUT2D eigenvalue weighted by molar-refractivity contribution is -0.0548. The molecule has 2 atom stereocenters. The fraction of sp³-hybridized carbons (Fsp3) is 0.467. The first-order valence-corrected chi connectivity index (χ1v) is 7.46. The van der Waals surface area contributed by atoms with Crippen LogP contribution < -0.4 is 0 Å². The summed E-state index contributed by atoms with van der Waals surface area (Å²) in [4.78, 5) is 12.0. The molecule has 5 nitrogen and oxygen atoms in total. The first-order valence-electron chi connectivity index (χ1n) is 7.03. The van der Waals surface area contributed by atoms with Gasteiger partial charge in [-0.05, 0) is 19.4 Å². The minimum Gasteiger partial charge on any atom is -0.448 e. The number of hydrazone groups is 1. The number of halogens is 1. The van der Waals surface area contributed by atoms with Crippen molar-refractivity contribution >= 4 is 23.4 Å². The molecule has 0 unspecified atom stereocenters. The highest BCUT2D eigenvalue weighted by Crippen LogP contribution is 2.25. The minimum atomic E-state index is -0.520. The number of alkyl halides is 1. The highest BCUT2D eigenvalue weighted by molar-refractivity contribution is 6.35. The van der Waals surface area contributed by atoms with Gasteiger partial charge in [0.25, 0.3) is 0 Å². The van der Waals surface area contributed by atoms with E-state index >= 15 is 0 Å². The minimum absolute atomic E-state index is 0.286. The molecule has 6 heteroatoms. The quantitative estimate of drug-likeness (QED) is 0.802. The molecular formula is C15H19ClN2O3. The Labute approximate surface area is 129 Å². The van der Waals surface area contributed by atoms with Crippen LogP contribution in [-0.2, 0) is 9.47 Å². The lowest BCUT2D eigenvalue weighted by Gasteiger charge is -2.33. The van der Waals surface area contributed by atoms with Crippen LogP contribution in [0.25, 0.3) is 0 Å². The molecule has 0 saturated heterocycles. The first kappa shape index (κ1) is 15.8. The molecule has 2 rings (SSSR count). The van der Waals surface area contributed by atoms with Crippen molar-refractivity contribution in [2.24, 2.45) is 5.10 Å². The lowest BCUT2D eigenvalue weighted by Crippen LogP contribution is -2.46. The van der Waals surface area contributed by atoms with Gasteiger partial charge < -0.3 is 9.47 Å². The van der Waals surface area contributed by atoms with Gasteiger partial charge in [-0.1, -0.05) is 30.3 Å². The van der Waals surface area contributed by atoms with E-state index in [-0.39, 0.29) is 12.0 Å². The second-order valence-corrected chi connectivity index (χ2v) is 5.03. The van der Waals surface area contributed by atoms with E-state index in [0.717, 1.165) is 5.56 Å². The molecule has 0 aromatic heterocycles. The van der Waals surface area contributed by atoms with E-state index < -0.39 is 12.3 Å². The van der Waals surface area contributed by atoms with Crippen molar-refractivity contribution in [2.75, 3.05) is 13.2 Å². The van der Waals surface area contributed by atoms with Gasteiger partial charge >= 0.3 is 6.09 Å². The van der Waals surface area contributed by atoms with Crippen LogP contribution in [0.4, 0.5) is 4.79 Å². The monoisotopic (exact) mass is 310 g/mol. The molecule has 1 aromatic carbocycles. The Bertz CT molecular complexity index is 507. The largest absolute Gasteiger partial charge is 0.448 e. The number of ether oxygens (including phenoxy) is 2. The molecule has 21 heavy (non-hydrogen) atoms. The van der Waals surface area contributed by atoms with Gasteiger partial charge in [0.05, 0.1) is 17.7 Å². The number of amides is 1. The summed E-state index contributed by atoms with van der Waals surface area (Å²) >= 11 is 6.41. The zero-order valence-corrected chi connectivity index (χ0v) is 12.9. The van der Waals surface area contributed by atoms with Crippen molar-refractivity contribution in [1.82, 2.24) is 5.01 Å². The van der Waals surface area contributed by atoms with E-state index in [1.807, 2.05) is 37.3 Å². The van der Waals surface area contributed by atoms with E-state index in [1.165, 1.54) is 5.01 Å². The molecule has 1 amide bonds. The van der Waals surface area contributed by atoms with Crippen molar-refractivity contribution in [3.8, 4) is 0 Å². The molecule has 1 aliphatic rings. The maximum Gasteiger partial charge on any atom is 0.432 e. The Balaban J connectivity index is 2.32. The normalized spacial score (nSPS) is 21.9.